The zero-order valence-electron chi connectivity index (χ0n) is 10.5. The predicted octanol–water partition coefficient (Wildman–Crippen LogP) is 3.51. The van der Waals surface area contributed by atoms with Crippen LogP contribution in [0.25, 0.3) is 0 Å². The van der Waals surface area contributed by atoms with Crippen LogP contribution in [0.5, 0.6) is 0 Å². The molecule has 3 heteroatoms. The first-order valence-electron chi connectivity index (χ1n) is 6.02. The summed E-state index contributed by atoms with van der Waals surface area (Å²) in [6.07, 6.45) is 0. The topological polar surface area (TPSA) is 9.23 Å². The summed E-state index contributed by atoms with van der Waals surface area (Å²) in [5.41, 5.74) is 1.22. The fraction of sp³-hybridized carbons (Fsp3) is 0.125. The molecule has 2 aromatic carbocycles. The van der Waals surface area contributed by atoms with E-state index < -0.39 is 0 Å². The molecule has 0 aromatic heterocycles. The Bertz CT molecular complexity index is 511. The molecule has 0 N–H and O–H groups in total. The Kier molecular flexibility index (Phi) is 6.65. The molecule has 0 saturated heterocycles. The second kappa shape index (κ2) is 8.54. The number of hydrogen-bond donors (Lipinski definition) is 0. The van der Waals surface area contributed by atoms with E-state index in [0.717, 1.165) is 0 Å². The molecule has 0 radical (unpaired) electrons. The molecular formula is C16H15IOSe. The molecular weight excluding hydrogens is 414 g/mol. The fourth-order valence-electron chi connectivity index (χ4n) is 1.51. The Morgan fingerprint density at radius 3 is 2.32 bits per heavy atom. The summed E-state index contributed by atoms with van der Waals surface area (Å²) >= 11 is 2.76. The van der Waals surface area contributed by atoms with Gasteiger partial charge in [0.1, 0.15) is 0 Å². The van der Waals surface area contributed by atoms with E-state index in [1.165, 1.54) is 13.6 Å². The standard InChI is InChI=1S/C16H15IOSe/c17-15(13-19-16-9-5-2-6-10-16)12-18-11-14-7-3-1-4-8-14/h1-10,13H,11-12H2/b15-13-. The fourth-order valence-corrected chi connectivity index (χ4v) is 3.74. The van der Waals surface area contributed by atoms with Gasteiger partial charge in [-0.05, 0) is 0 Å². The van der Waals surface area contributed by atoms with Crippen LogP contribution in [-0.2, 0) is 11.3 Å². The number of halogens is 1. The van der Waals surface area contributed by atoms with Gasteiger partial charge in [0.25, 0.3) is 0 Å². The van der Waals surface area contributed by atoms with Gasteiger partial charge in [0, 0.05) is 0 Å². The van der Waals surface area contributed by atoms with Crippen LogP contribution in [0, 0.1) is 0 Å². The van der Waals surface area contributed by atoms with Gasteiger partial charge in [0.15, 0.2) is 0 Å². The quantitative estimate of drug-likeness (QED) is 0.505. The molecule has 0 bridgehead atoms. The third-order valence-corrected chi connectivity index (χ3v) is 5.98. The SMILES string of the molecule is I/C(=C\[Se]c1ccccc1)COCc1ccccc1. The van der Waals surface area contributed by atoms with Crippen molar-refractivity contribution in [2.24, 2.45) is 0 Å². The van der Waals surface area contributed by atoms with Gasteiger partial charge in [-0.15, -0.1) is 0 Å². The maximum absolute atomic E-state index is 5.70. The summed E-state index contributed by atoms with van der Waals surface area (Å²) in [4.78, 5) is 2.29. The van der Waals surface area contributed by atoms with E-state index in [2.05, 4.69) is 70.0 Å². The average Bonchev–Trinajstić information content (AvgIpc) is 2.47. The average molecular weight is 429 g/mol. The second-order valence-electron chi connectivity index (χ2n) is 3.97. The van der Waals surface area contributed by atoms with Crippen LogP contribution in [0.3, 0.4) is 0 Å². The molecule has 0 fully saturated rings. The molecule has 0 spiro atoms. The van der Waals surface area contributed by atoms with Gasteiger partial charge in [0.2, 0.25) is 0 Å². The molecule has 1 nitrogen and oxygen atoms in total. The first-order chi connectivity index (χ1) is 9.34. The van der Waals surface area contributed by atoms with Crippen LogP contribution in [0.1, 0.15) is 5.56 Å². The minimum absolute atomic E-state index is 0.397. The van der Waals surface area contributed by atoms with Crippen molar-refractivity contribution >= 4 is 42.0 Å². The minimum atomic E-state index is 0.397. The zero-order valence-corrected chi connectivity index (χ0v) is 14.3. The van der Waals surface area contributed by atoms with Gasteiger partial charge in [0.05, 0.1) is 0 Å². The Balaban J connectivity index is 1.74. The van der Waals surface area contributed by atoms with Crippen molar-refractivity contribution in [1.29, 1.82) is 0 Å². The van der Waals surface area contributed by atoms with E-state index in [-0.39, 0.29) is 0 Å². The number of hydrogen-bond acceptors (Lipinski definition) is 1. The Labute approximate surface area is 134 Å². The summed E-state index contributed by atoms with van der Waals surface area (Å²) in [7, 11) is 0. The third kappa shape index (κ3) is 5.91. The number of ether oxygens (including phenoxy) is 1. The van der Waals surface area contributed by atoms with Gasteiger partial charge in [-0.3, -0.25) is 0 Å². The molecule has 98 valence electrons. The summed E-state index contributed by atoms with van der Waals surface area (Å²) < 4.78 is 8.38. The van der Waals surface area contributed by atoms with Crippen LogP contribution in [0.2, 0.25) is 0 Å². The monoisotopic (exact) mass is 430 g/mol. The molecule has 0 amide bonds. The van der Waals surface area contributed by atoms with Crippen LogP contribution < -0.4 is 4.46 Å². The molecule has 0 aliphatic carbocycles. The van der Waals surface area contributed by atoms with Crippen molar-refractivity contribution in [3.05, 3.63) is 74.8 Å². The van der Waals surface area contributed by atoms with E-state index in [4.69, 9.17) is 4.74 Å². The zero-order chi connectivity index (χ0) is 13.3. The van der Waals surface area contributed by atoms with Crippen molar-refractivity contribution in [1.82, 2.24) is 0 Å². The van der Waals surface area contributed by atoms with Crippen LogP contribution >= 0.6 is 22.6 Å². The predicted molar refractivity (Wildman–Crippen MR) is 90.0 cm³/mol. The number of rotatable bonds is 6. The van der Waals surface area contributed by atoms with E-state index in [0.29, 0.717) is 28.2 Å². The van der Waals surface area contributed by atoms with Crippen molar-refractivity contribution < 1.29 is 4.74 Å². The first-order valence-corrected chi connectivity index (χ1v) is 8.95. The molecule has 0 unspecified atom stereocenters. The van der Waals surface area contributed by atoms with Crippen molar-refractivity contribution in [2.75, 3.05) is 6.61 Å². The molecule has 0 aliphatic heterocycles. The van der Waals surface area contributed by atoms with E-state index >= 15 is 0 Å². The van der Waals surface area contributed by atoms with Crippen LogP contribution in [0.4, 0.5) is 0 Å². The molecule has 0 aliphatic rings. The number of benzene rings is 2. The van der Waals surface area contributed by atoms with Crippen LogP contribution in [-0.4, -0.2) is 21.6 Å². The van der Waals surface area contributed by atoms with E-state index in [1.807, 2.05) is 18.2 Å². The Hall–Kier alpha value is -0.611. The summed E-state index contributed by atoms with van der Waals surface area (Å²) in [6.45, 7) is 1.38. The third-order valence-electron chi connectivity index (χ3n) is 2.42. The van der Waals surface area contributed by atoms with Gasteiger partial charge in [-0.2, -0.15) is 0 Å². The van der Waals surface area contributed by atoms with Crippen molar-refractivity contribution in [3.63, 3.8) is 0 Å². The van der Waals surface area contributed by atoms with Gasteiger partial charge < -0.3 is 0 Å². The van der Waals surface area contributed by atoms with Crippen molar-refractivity contribution in [2.45, 2.75) is 6.61 Å². The Morgan fingerprint density at radius 2 is 1.63 bits per heavy atom. The molecule has 2 aromatic rings. The van der Waals surface area contributed by atoms with E-state index in [1.54, 1.807) is 0 Å². The molecule has 0 saturated carbocycles. The first kappa shape index (κ1) is 14.8. The summed E-state index contributed by atoms with van der Waals surface area (Å²) in [5, 5.41) is 0. The molecule has 0 heterocycles. The van der Waals surface area contributed by atoms with Crippen LogP contribution in [0.15, 0.2) is 69.2 Å². The normalized spacial score (nSPS) is 11.5. The van der Waals surface area contributed by atoms with Crippen molar-refractivity contribution in [3.8, 4) is 0 Å². The molecule has 0 atom stereocenters. The second-order valence-corrected chi connectivity index (χ2v) is 7.34. The summed E-state index contributed by atoms with van der Waals surface area (Å²) in [6, 6.07) is 20.8. The molecule has 2 rings (SSSR count). The van der Waals surface area contributed by atoms with Gasteiger partial charge in [-0.25, -0.2) is 0 Å². The van der Waals surface area contributed by atoms with E-state index in [9.17, 15) is 0 Å². The van der Waals surface area contributed by atoms with Gasteiger partial charge in [-0.1, -0.05) is 0 Å². The molecule has 19 heavy (non-hydrogen) atoms. The summed E-state index contributed by atoms with van der Waals surface area (Å²) in [5.74, 6) is 0. The maximum atomic E-state index is 5.70. The van der Waals surface area contributed by atoms with Gasteiger partial charge >= 0.3 is 135 Å². The Morgan fingerprint density at radius 1 is 1.00 bits per heavy atom.